The monoisotopic (exact) mass is 286 g/mol. The van der Waals surface area contributed by atoms with Crippen molar-refractivity contribution in [3.63, 3.8) is 0 Å². The zero-order valence-electron chi connectivity index (χ0n) is 12.8. The first-order valence-electron chi connectivity index (χ1n) is 8.40. The summed E-state index contributed by atoms with van der Waals surface area (Å²) in [5.41, 5.74) is 1.33. The molecule has 1 aliphatic carbocycles. The van der Waals surface area contributed by atoms with E-state index in [1.54, 1.807) is 0 Å². The van der Waals surface area contributed by atoms with Crippen molar-refractivity contribution >= 4 is 5.91 Å². The van der Waals surface area contributed by atoms with Crippen molar-refractivity contribution in [3.8, 4) is 0 Å². The van der Waals surface area contributed by atoms with E-state index in [0.717, 1.165) is 32.5 Å². The zero-order chi connectivity index (χ0) is 14.5. The second-order valence-corrected chi connectivity index (χ2v) is 6.40. The Morgan fingerprint density at radius 1 is 1.14 bits per heavy atom. The maximum Gasteiger partial charge on any atom is 0.227 e. The first-order chi connectivity index (χ1) is 10.3. The van der Waals surface area contributed by atoms with Gasteiger partial charge in [-0.05, 0) is 37.8 Å². The lowest BCUT2D eigenvalue weighted by Gasteiger charge is -2.31. The molecule has 2 fully saturated rings. The van der Waals surface area contributed by atoms with Crippen LogP contribution in [0.15, 0.2) is 30.3 Å². The van der Waals surface area contributed by atoms with Gasteiger partial charge in [-0.15, -0.1) is 0 Å². The topological polar surface area (TPSA) is 32.3 Å². The molecule has 1 N–H and O–H groups in total. The van der Waals surface area contributed by atoms with Crippen molar-refractivity contribution < 1.29 is 4.79 Å². The molecule has 0 aromatic heterocycles. The normalized spacial score (nSPS) is 22.6. The summed E-state index contributed by atoms with van der Waals surface area (Å²) in [5, 5.41) is 3.32. The SMILES string of the molecule is O=C(C1CCNC1)N(CCc1ccccc1)C1CCCC1. The molecule has 0 bridgehead atoms. The average Bonchev–Trinajstić information content (AvgIpc) is 3.22. The highest BCUT2D eigenvalue weighted by molar-refractivity contribution is 5.79. The van der Waals surface area contributed by atoms with Crippen LogP contribution in [-0.4, -0.2) is 36.5 Å². The first-order valence-corrected chi connectivity index (χ1v) is 8.40. The Hall–Kier alpha value is -1.35. The van der Waals surface area contributed by atoms with Crippen LogP contribution in [-0.2, 0) is 11.2 Å². The highest BCUT2D eigenvalue weighted by atomic mass is 16.2. The van der Waals surface area contributed by atoms with Gasteiger partial charge in [0.1, 0.15) is 0 Å². The third-order valence-electron chi connectivity index (χ3n) is 4.94. The Morgan fingerprint density at radius 2 is 1.90 bits per heavy atom. The first kappa shape index (κ1) is 14.6. The number of nitrogens with zero attached hydrogens (tertiary/aromatic N) is 1. The molecular formula is C18H26N2O. The van der Waals surface area contributed by atoms with Crippen LogP contribution in [0.25, 0.3) is 0 Å². The second kappa shape index (κ2) is 7.08. The molecule has 3 rings (SSSR count). The van der Waals surface area contributed by atoms with E-state index in [-0.39, 0.29) is 5.92 Å². The number of nitrogens with one attached hydrogen (secondary N) is 1. The molecule has 1 aromatic carbocycles. The summed E-state index contributed by atoms with van der Waals surface area (Å²) in [6.45, 7) is 2.74. The molecule has 2 aliphatic rings. The lowest BCUT2D eigenvalue weighted by atomic mass is 10.0. The zero-order valence-corrected chi connectivity index (χ0v) is 12.8. The minimum absolute atomic E-state index is 0.210. The van der Waals surface area contributed by atoms with Gasteiger partial charge in [0.25, 0.3) is 0 Å². The third-order valence-corrected chi connectivity index (χ3v) is 4.94. The van der Waals surface area contributed by atoms with E-state index in [0.29, 0.717) is 11.9 Å². The number of hydrogen-bond donors (Lipinski definition) is 1. The molecule has 1 heterocycles. The van der Waals surface area contributed by atoms with Crippen LogP contribution in [0.3, 0.4) is 0 Å². The minimum atomic E-state index is 0.210. The van der Waals surface area contributed by atoms with Crippen molar-refractivity contribution in [2.75, 3.05) is 19.6 Å². The minimum Gasteiger partial charge on any atom is -0.339 e. The predicted molar refractivity (Wildman–Crippen MR) is 85.1 cm³/mol. The van der Waals surface area contributed by atoms with Crippen LogP contribution in [0.5, 0.6) is 0 Å². The molecule has 0 spiro atoms. The Morgan fingerprint density at radius 3 is 2.57 bits per heavy atom. The smallest absolute Gasteiger partial charge is 0.227 e. The number of rotatable bonds is 5. The van der Waals surface area contributed by atoms with Gasteiger partial charge in [0.05, 0.1) is 5.92 Å². The van der Waals surface area contributed by atoms with Crippen LogP contribution in [0.4, 0.5) is 0 Å². The summed E-state index contributed by atoms with van der Waals surface area (Å²) in [6.07, 6.45) is 6.93. The molecule has 1 atom stereocenters. The van der Waals surface area contributed by atoms with Crippen LogP contribution >= 0.6 is 0 Å². The molecule has 21 heavy (non-hydrogen) atoms. The van der Waals surface area contributed by atoms with E-state index in [1.165, 1.54) is 31.2 Å². The largest absolute Gasteiger partial charge is 0.339 e. The van der Waals surface area contributed by atoms with E-state index < -0.39 is 0 Å². The van der Waals surface area contributed by atoms with Crippen molar-refractivity contribution in [2.45, 2.75) is 44.6 Å². The molecule has 0 radical (unpaired) electrons. The van der Waals surface area contributed by atoms with Gasteiger partial charge in [-0.25, -0.2) is 0 Å². The summed E-state index contributed by atoms with van der Waals surface area (Å²) >= 11 is 0. The van der Waals surface area contributed by atoms with Gasteiger partial charge in [0, 0.05) is 19.1 Å². The molecule has 3 nitrogen and oxygen atoms in total. The van der Waals surface area contributed by atoms with Crippen molar-refractivity contribution in [1.29, 1.82) is 0 Å². The molecule has 1 aliphatic heterocycles. The van der Waals surface area contributed by atoms with Gasteiger partial charge >= 0.3 is 0 Å². The molecule has 1 unspecified atom stereocenters. The number of carbonyl (C=O) groups is 1. The molecule has 1 saturated carbocycles. The van der Waals surface area contributed by atoms with Gasteiger partial charge in [0.15, 0.2) is 0 Å². The molecule has 1 aromatic rings. The highest BCUT2D eigenvalue weighted by Gasteiger charge is 2.32. The molecular weight excluding hydrogens is 260 g/mol. The van der Waals surface area contributed by atoms with Gasteiger partial charge in [-0.1, -0.05) is 43.2 Å². The van der Waals surface area contributed by atoms with Crippen LogP contribution in [0.2, 0.25) is 0 Å². The lowest BCUT2D eigenvalue weighted by molar-refractivity contribution is -0.137. The van der Waals surface area contributed by atoms with Crippen molar-refractivity contribution in [1.82, 2.24) is 10.2 Å². The van der Waals surface area contributed by atoms with Crippen LogP contribution < -0.4 is 5.32 Å². The fourth-order valence-corrected chi connectivity index (χ4v) is 3.68. The van der Waals surface area contributed by atoms with Gasteiger partial charge in [-0.2, -0.15) is 0 Å². The average molecular weight is 286 g/mol. The van der Waals surface area contributed by atoms with Crippen LogP contribution in [0, 0.1) is 5.92 Å². The fourth-order valence-electron chi connectivity index (χ4n) is 3.68. The molecule has 114 valence electrons. The van der Waals surface area contributed by atoms with Gasteiger partial charge < -0.3 is 10.2 Å². The summed E-state index contributed by atoms with van der Waals surface area (Å²) < 4.78 is 0. The summed E-state index contributed by atoms with van der Waals surface area (Å²) in [6, 6.07) is 11.0. The quantitative estimate of drug-likeness (QED) is 0.902. The standard InChI is InChI=1S/C18H26N2O/c21-18(16-10-12-19-14-16)20(17-8-4-5-9-17)13-11-15-6-2-1-3-7-15/h1-3,6-7,16-17,19H,4-5,8-14H2. The summed E-state index contributed by atoms with van der Waals surface area (Å²) in [4.78, 5) is 15.0. The van der Waals surface area contributed by atoms with E-state index in [2.05, 4.69) is 34.5 Å². The van der Waals surface area contributed by atoms with Crippen molar-refractivity contribution in [3.05, 3.63) is 35.9 Å². The van der Waals surface area contributed by atoms with Gasteiger partial charge in [-0.3, -0.25) is 4.79 Å². The second-order valence-electron chi connectivity index (χ2n) is 6.40. The number of carbonyl (C=O) groups excluding carboxylic acids is 1. The third kappa shape index (κ3) is 3.65. The Labute approximate surface area is 127 Å². The van der Waals surface area contributed by atoms with Crippen molar-refractivity contribution in [2.24, 2.45) is 5.92 Å². The summed E-state index contributed by atoms with van der Waals surface area (Å²) in [5.74, 6) is 0.601. The Bertz CT molecular complexity index is 448. The van der Waals surface area contributed by atoms with Gasteiger partial charge in [0.2, 0.25) is 5.91 Å². The maximum absolute atomic E-state index is 12.8. The molecule has 1 amide bonds. The number of amides is 1. The molecule has 1 saturated heterocycles. The maximum atomic E-state index is 12.8. The van der Waals surface area contributed by atoms with E-state index in [4.69, 9.17) is 0 Å². The predicted octanol–water partition coefficient (Wildman–Crippen LogP) is 2.61. The lowest BCUT2D eigenvalue weighted by Crippen LogP contribution is -2.44. The van der Waals surface area contributed by atoms with E-state index in [1.807, 2.05) is 6.07 Å². The number of hydrogen-bond acceptors (Lipinski definition) is 2. The van der Waals surface area contributed by atoms with E-state index >= 15 is 0 Å². The highest BCUT2D eigenvalue weighted by Crippen LogP contribution is 2.26. The summed E-state index contributed by atoms with van der Waals surface area (Å²) in [7, 11) is 0. The fraction of sp³-hybridized carbons (Fsp3) is 0.611. The Balaban J connectivity index is 1.65. The number of benzene rings is 1. The molecule has 3 heteroatoms. The van der Waals surface area contributed by atoms with Crippen LogP contribution in [0.1, 0.15) is 37.7 Å². The van der Waals surface area contributed by atoms with E-state index in [9.17, 15) is 4.79 Å². The Kier molecular flexibility index (Phi) is 4.91.